The molecule has 0 saturated carbocycles. The molecule has 0 radical (unpaired) electrons. The largest absolute Gasteiger partial charge is 0.388 e. The number of β-amino-alcohol motifs (C(OH)–C–C–N with tert-alkyl or cyclic N) is 1. The van der Waals surface area contributed by atoms with E-state index in [9.17, 15) is 9.90 Å². The van der Waals surface area contributed by atoms with E-state index in [0.717, 1.165) is 25.9 Å². The van der Waals surface area contributed by atoms with Crippen LogP contribution in [0.15, 0.2) is 11.7 Å². The molecule has 1 aromatic heterocycles. The minimum Gasteiger partial charge on any atom is -0.388 e. The summed E-state index contributed by atoms with van der Waals surface area (Å²) in [6.45, 7) is 1.73. The van der Waals surface area contributed by atoms with Gasteiger partial charge in [-0.2, -0.15) is 0 Å². The van der Waals surface area contributed by atoms with E-state index in [1.54, 1.807) is 16.6 Å². The Kier molecular flexibility index (Phi) is 3.09. The van der Waals surface area contributed by atoms with Crippen LogP contribution in [-0.2, 0) is 4.74 Å². The lowest BCUT2D eigenvalue weighted by molar-refractivity contribution is -0.122. The molecule has 0 unspecified atom stereocenters. The number of rotatable bonds is 1. The molecule has 0 aliphatic carbocycles. The monoisotopic (exact) mass is 268 g/mol. The molecule has 5 nitrogen and oxygen atoms in total. The van der Waals surface area contributed by atoms with E-state index in [-0.39, 0.29) is 5.91 Å². The Morgan fingerprint density at radius 3 is 3.11 bits per heavy atom. The number of ether oxygens (including phenoxy) is 1. The zero-order chi connectivity index (χ0) is 12.6. The topological polar surface area (TPSA) is 62.7 Å². The molecule has 0 aromatic carbocycles. The molecule has 2 fully saturated rings. The van der Waals surface area contributed by atoms with Crippen LogP contribution < -0.4 is 0 Å². The molecule has 2 atom stereocenters. The summed E-state index contributed by atoms with van der Waals surface area (Å²) >= 11 is 1.33. The van der Waals surface area contributed by atoms with Gasteiger partial charge in [-0.05, 0) is 19.3 Å². The Bertz CT molecular complexity index is 429. The van der Waals surface area contributed by atoms with Gasteiger partial charge in [0.05, 0.1) is 17.3 Å². The molecule has 3 heterocycles. The number of nitrogens with zero attached hydrogens (tertiary/aromatic N) is 2. The summed E-state index contributed by atoms with van der Waals surface area (Å²) in [4.78, 5) is 18.4. The van der Waals surface area contributed by atoms with E-state index in [4.69, 9.17) is 4.74 Å². The Balaban J connectivity index is 1.70. The van der Waals surface area contributed by atoms with E-state index in [2.05, 4.69) is 4.98 Å². The zero-order valence-electron chi connectivity index (χ0n) is 10.0. The molecule has 98 valence electrons. The third-order valence-corrected chi connectivity index (χ3v) is 4.63. The molecule has 0 bridgehead atoms. The fourth-order valence-corrected chi connectivity index (χ4v) is 3.38. The van der Waals surface area contributed by atoms with Gasteiger partial charge in [0, 0.05) is 19.7 Å². The van der Waals surface area contributed by atoms with Gasteiger partial charge in [0.25, 0.3) is 5.91 Å². The number of carbonyl (C=O) groups is 1. The summed E-state index contributed by atoms with van der Waals surface area (Å²) in [6.07, 6.45) is 3.62. The second-order valence-electron chi connectivity index (χ2n) is 4.90. The zero-order valence-corrected chi connectivity index (χ0v) is 10.9. The highest BCUT2D eigenvalue weighted by atomic mass is 32.1. The SMILES string of the molecule is O=C(c1cncs1)N1CC[C@@]2(CCCO2)[C@@H](O)C1. The van der Waals surface area contributed by atoms with Crippen molar-refractivity contribution in [3.05, 3.63) is 16.6 Å². The summed E-state index contributed by atoms with van der Waals surface area (Å²) in [5.41, 5.74) is 1.25. The Hall–Kier alpha value is -0.980. The first-order chi connectivity index (χ1) is 8.71. The highest BCUT2D eigenvalue weighted by Crippen LogP contribution is 2.36. The Morgan fingerprint density at radius 1 is 1.61 bits per heavy atom. The number of amides is 1. The molecule has 6 heteroatoms. The van der Waals surface area contributed by atoms with Crippen LogP contribution >= 0.6 is 11.3 Å². The Morgan fingerprint density at radius 2 is 2.50 bits per heavy atom. The van der Waals surface area contributed by atoms with Crippen molar-refractivity contribution in [2.75, 3.05) is 19.7 Å². The third kappa shape index (κ3) is 1.94. The number of hydrogen-bond donors (Lipinski definition) is 1. The average molecular weight is 268 g/mol. The van der Waals surface area contributed by atoms with E-state index < -0.39 is 11.7 Å². The standard InChI is InChI=1S/C12H16N2O3S/c15-10-7-14(11(16)9-6-13-8-18-9)4-3-12(10)2-1-5-17-12/h6,8,10,15H,1-5,7H2/t10-,12-/m0/s1. The van der Waals surface area contributed by atoms with Gasteiger partial charge in [-0.3, -0.25) is 9.78 Å². The number of aromatic nitrogens is 1. The molecular weight excluding hydrogens is 252 g/mol. The van der Waals surface area contributed by atoms with Crippen LogP contribution in [-0.4, -0.2) is 52.3 Å². The van der Waals surface area contributed by atoms with Crippen LogP contribution in [0.25, 0.3) is 0 Å². The van der Waals surface area contributed by atoms with Crippen molar-refractivity contribution in [3.63, 3.8) is 0 Å². The van der Waals surface area contributed by atoms with E-state index in [1.165, 1.54) is 11.3 Å². The van der Waals surface area contributed by atoms with Crippen molar-refractivity contribution in [2.24, 2.45) is 0 Å². The minimum atomic E-state index is -0.578. The number of hydrogen-bond acceptors (Lipinski definition) is 5. The fraction of sp³-hybridized carbons (Fsp3) is 0.667. The van der Waals surface area contributed by atoms with Crippen LogP contribution in [0.5, 0.6) is 0 Å². The maximum absolute atomic E-state index is 12.2. The van der Waals surface area contributed by atoms with Crippen molar-refractivity contribution < 1.29 is 14.6 Å². The lowest BCUT2D eigenvalue weighted by Crippen LogP contribution is -2.56. The van der Waals surface area contributed by atoms with Crippen molar-refractivity contribution in [2.45, 2.75) is 31.0 Å². The van der Waals surface area contributed by atoms with Gasteiger partial charge in [0.1, 0.15) is 11.0 Å². The second kappa shape index (κ2) is 4.60. The van der Waals surface area contributed by atoms with Crippen LogP contribution in [0.3, 0.4) is 0 Å². The number of aliphatic hydroxyl groups excluding tert-OH is 1. The fourth-order valence-electron chi connectivity index (χ4n) is 2.80. The van der Waals surface area contributed by atoms with Crippen molar-refractivity contribution >= 4 is 17.2 Å². The van der Waals surface area contributed by atoms with Gasteiger partial charge in [-0.15, -0.1) is 11.3 Å². The molecule has 1 aromatic rings. The predicted octanol–water partition coefficient (Wildman–Crippen LogP) is 0.899. The molecular formula is C12H16N2O3S. The molecule has 2 aliphatic rings. The van der Waals surface area contributed by atoms with E-state index in [0.29, 0.717) is 18.0 Å². The average Bonchev–Trinajstić information content (AvgIpc) is 3.04. The normalized spacial score (nSPS) is 32.1. The number of aliphatic hydroxyl groups is 1. The van der Waals surface area contributed by atoms with E-state index >= 15 is 0 Å². The molecule has 1 amide bonds. The summed E-state index contributed by atoms with van der Waals surface area (Å²) < 4.78 is 5.71. The second-order valence-corrected chi connectivity index (χ2v) is 5.79. The molecule has 2 saturated heterocycles. The van der Waals surface area contributed by atoms with Crippen molar-refractivity contribution in [3.8, 4) is 0 Å². The quantitative estimate of drug-likeness (QED) is 0.822. The van der Waals surface area contributed by atoms with Crippen LogP contribution in [0.1, 0.15) is 28.9 Å². The summed E-state index contributed by atoms with van der Waals surface area (Å²) in [5.74, 6) is -0.0376. The van der Waals surface area contributed by atoms with Crippen LogP contribution in [0.2, 0.25) is 0 Å². The summed E-state index contributed by atoms with van der Waals surface area (Å²) in [6, 6.07) is 0. The molecule has 3 rings (SSSR count). The molecule has 1 N–H and O–H groups in total. The smallest absolute Gasteiger partial charge is 0.265 e. The number of thiazole rings is 1. The van der Waals surface area contributed by atoms with Gasteiger partial charge in [-0.25, -0.2) is 0 Å². The third-order valence-electron chi connectivity index (χ3n) is 3.87. The van der Waals surface area contributed by atoms with Gasteiger partial charge >= 0.3 is 0 Å². The van der Waals surface area contributed by atoms with Gasteiger partial charge in [-0.1, -0.05) is 0 Å². The maximum atomic E-state index is 12.2. The molecule has 1 spiro atoms. The number of piperidine rings is 1. The van der Waals surface area contributed by atoms with Crippen molar-refractivity contribution in [1.29, 1.82) is 0 Å². The first-order valence-corrected chi connectivity index (χ1v) is 7.09. The first-order valence-electron chi connectivity index (χ1n) is 6.21. The lowest BCUT2D eigenvalue weighted by Gasteiger charge is -2.42. The van der Waals surface area contributed by atoms with Crippen LogP contribution in [0, 0.1) is 0 Å². The highest BCUT2D eigenvalue weighted by Gasteiger charge is 2.46. The summed E-state index contributed by atoms with van der Waals surface area (Å²) in [5, 5.41) is 10.2. The van der Waals surface area contributed by atoms with Gasteiger partial charge in [0.15, 0.2) is 0 Å². The maximum Gasteiger partial charge on any atom is 0.265 e. The first kappa shape index (κ1) is 12.1. The predicted molar refractivity (Wildman–Crippen MR) is 66.6 cm³/mol. The lowest BCUT2D eigenvalue weighted by atomic mass is 9.86. The number of likely N-dealkylation sites (tertiary alicyclic amines) is 1. The minimum absolute atomic E-state index is 0.0376. The highest BCUT2D eigenvalue weighted by molar-refractivity contribution is 7.11. The molecule has 18 heavy (non-hydrogen) atoms. The summed E-state index contributed by atoms with van der Waals surface area (Å²) in [7, 11) is 0. The van der Waals surface area contributed by atoms with Gasteiger partial charge < -0.3 is 14.7 Å². The van der Waals surface area contributed by atoms with E-state index in [1.807, 2.05) is 0 Å². The van der Waals surface area contributed by atoms with Gasteiger partial charge in [0.2, 0.25) is 0 Å². The number of carbonyl (C=O) groups excluding carboxylic acids is 1. The molecule has 2 aliphatic heterocycles. The van der Waals surface area contributed by atoms with Crippen molar-refractivity contribution in [1.82, 2.24) is 9.88 Å². The Labute approximate surface area is 109 Å². The van der Waals surface area contributed by atoms with Crippen LogP contribution in [0.4, 0.5) is 0 Å².